The fourth-order valence-electron chi connectivity index (χ4n) is 4.07. The fourth-order valence-corrected chi connectivity index (χ4v) is 4.07. The van der Waals surface area contributed by atoms with Crippen molar-refractivity contribution in [3.8, 4) is 11.5 Å². The molecule has 1 aromatic carbocycles. The Hall–Kier alpha value is -3.49. The van der Waals surface area contributed by atoms with Crippen LogP contribution < -0.4 is 5.32 Å². The molecule has 3 heterocycles. The van der Waals surface area contributed by atoms with E-state index in [1.165, 1.54) is 25.2 Å². The summed E-state index contributed by atoms with van der Waals surface area (Å²) < 4.78 is 30.3. The average Bonchev–Trinajstić information content (AvgIpc) is 3.50. The Morgan fingerprint density at radius 2 is 1.74 bits per heavy atom. The van der Waals surface area contributed by atoms with Gasteiger partial charge in [0.15, 0.2) is 0 Å². The van der Waals surface area contributed by atoms with Gasteiger partial charge in [-0.15, -0.1) is 10.2 Å². The van der Waals surface area contributed by atoms with E-state index in [1.54, 1.807) is 0 Å². The third-order valence-corrected chi connectivity index (χ3v) is 5.62. The molecule has 4 aromatic rings. The van der Waals surface area contributed by atoms with Crippen molar-refractivity contribution in [2.45, 2.75) is 38.2 Å². The van der Waals surface area contributed by atoms with E-state index in [-0.39, 0.29) is 11.9 Å². The molecule has 0 bridgehead atoms. The first-order chi connectivity index (χ1) is 15.2. The van der Waals surface area contributed by atoms with Crippen LogP contribution in [0.3, 0.4) is 0 Å². The number of para-hydroxylation sites is 1. The monoisotopic (exact) mass is 422 g/mol. The number of halogens is 2. The van der Waals surface area contributed by atoms with E-state index >= 15 is 0 Å². The fraction of sp³-hybridized carbons (Fsp3) is 0.318. The van der Waals surface area contributed by atoms with Crippen LogP contribution in [-0.2, 0) is 0 Å². The van der Waals surface area contributed by atoms with Gasteiger partial charge in [-0.1, -0.05) is 37.1 Å². The first kappa shape index (κ1) is 19.5. The van der Waals surface area contributed by atoms with E-state index in [9.17, 15) is 8.78 Å². The van der Waals surface area contributed by atoms with Crippen LogP contribution in [0, 0.1) is 5.92 Å². The predicted molar refractivity (Wildman–Crippen MR) is 110 cm³/mol. The molecular weight excluding hydrogens is 402 g/mol. The lowest BCUT2D eigenvalue weighted by molar-refractivity contribution is 0.116. The molecule has 0 amide bonds. The molecule has 158 valence electrons. The lowest BCUT2D eigenvalue weighted by Crippen LogP contribution is -2.21. The van der Waals surface area contributed by atoms with Crippen LogP contribution in [0.2, 0.25) is 0 Å². The number of pyridine rings is 1. The molecule has 0 aliphatic heterocycles. The summed E-state index contributed by atoms with van der Waals surface area (Å²) in [6, 6.07) is 12.1. The van der Waals surface area contributed by atoms with Gasteiger partial charge in [-0.05, 0) is 30.9 Å². The minimum absolute atomic E-state index is 0.0215. The molecule has 1 fully saturated rings. The maximum atomic E-state index is 12.7. The van der Waals surface area contributed by atoms with Crippen LogP contribution in [0.4, 0.5) is 14.7 Å². The second-order valence-corrected chi connectivity index (χ2v) is 7.64. The maximum Gasteiger partial charge on any atom is 0.314 e. The highest BCUT2D eigenvalue weighted by atomic mass is 19.3. The summed E-state index contributed by atoms with van der Waals surface area (Å²) in [6.07, 6.45) is 4.77. The molecule has 1 unspecified atom stereocenters. The van der Waals surface area contributed by atoms with Crippen molar-refractivity contribution in [3.05, 3.63) is 60.4 Å². The summed E-state index contributed by atoms with van der Waals surface area (Å²) >= 11 is 0. The first-order valence-electron chi connectivity index (χ1n) is 10.2. The van der Waals surface area contributed by atoms with Crippen molar-refractivity contribution < 1.29 is 13.2 Å². The van der Waals surface area contributed by atoms with Crippen LogP contribution in [-0.4, -0.2) is 25.1 Å². The largest absolute Gasteiger partial charge is 0.415 e. The number of hydrogen-bond acceptors (Lipinski definition) is 7. The van der Waals surface area contributed by atoms with Gasteiger partial charge in [0.25, 0.3) is 11.8 Å². The van der Waals surface area contributed by atoms with Crippen LogP contribution in [0.5, 0.6) is 0 Å². The predicted octanol–water partition coefficient (Wildman–Crippen LogP) is 5.36. The summed E-state index contributed by atoms with van der Waals surface area (Å²) in [5, 5.41) is 11.5. The van der Waals surface area contributed by atoms with Gasteiger partial charge in [-0.2, -0.15) is 8.78 Å². The normalized spacial score (nSPS) is 15.6. The summed E-state index contributed by atoms with van der Waals surface area (Å²) in [5.74, 6) is 0.108. The summed E-state index contributed by atoms with van der Waals surface area (Å²) in [4.78, 5) is 13.6. The smallest absolute Gasteiger partial charge is 0.314 e. The van der Waals surface area contributed by atoms with E-state index in [4.69, 9.17) is 9.40 Å². The number of rotatable bonds is 6. The molecule has 31 heavy (non-hydrogen) atoms. The summed E-state index contributed by atoms with van der Waals surface area (Å²) in [7, 11) is 0. The van der Waals surface area contributed by atoms with Crippen molar-refractivity contribution in [1.82, 2.24) is 25.1 Å². The van der Waals surface area contributed by atoms with Crippen LogP contribution >= 0.6 is 0 Å². The molecule has 0 saturated heterocycles. The zero-order valence-electron chi connectivity index (χ0n) is 16.6. The Bertz CT molecular complexity index is 1170. The molecule has 1 aliphatic rings. The maximum absolute atomic E-state index is 12.7. The van der Waals surface area contributed by atoms with Gasteiger partial charge in [0.1, 0.15) is 0 Å². The molecule has 1 saturated carbocycles. The van der Waals surface area contributed by atoms with Crippen molar-refractivity contribution in [2.75, 3.05) is 5.32 Å². The molecule has 5 rings (SSSR count). The van der Waals surface area contributed by atoms with Gasteiger partial charge in [0.2, 0.25) is 5.95 Å². The Labute approximate surface area is 177 Å². The molecule has 0 spiro atoms. The van der Waals surface area contributed by atoms with E-state index in [0.29, 0.717) is 17.4 Å². The van der Waals surface area contributed by atoms with Gasteiger partial charge >= 0.3 is 6.43 Å². The molecular formula is C22H20F2N6O. The van der Waals surface area contributed by atoms with E-state index in [2.05, 4.69) is 37.6 Å². The van der Waals surface area contributed by atoms with Crippen LogP contribution in [0.15, 0.2) is 53.2 Å². The topological polar surface area (TPSA) is 89.6 Å². The highest BCUT2D eigenvalue weighted by Gasteiger charge is 2.28. The highest BCUT2D eigenvalue weighted by Crippen LogP contribution is 2.37. The molecule has 1 N–H and O–H groups in total. The number of alkyl halides is 2. The third-order valence-electron chi connectivity index (χ3n) is 5.62. The number of anilines is 1. The SMILES string of the molecule is FC(F)c1nnc(-c2cnc(NC(c3ccc4ccccc4n3)C3CCCC3)nc2)o1. The molecule has 9 heteroatoms. The average molecular weight is 422 g/mol. The van der Waals surface area contributed by atoms with Crippen molar-refractivity contribution >= 4 is 16.9 Å². The quantitative estimate of drug-likeness (QED) is 0.448. The lowest BCUT2D eigenvalue weighted by atomic mass is 9.94. The zero-order valence-corrected chi connectivity index (χ0v) is 16.6. The first-order valence-corrected chi connectivity index (χ1v) is 10.2. The number of fused-ring (bicyclic) bond motifs is 1. The molecule has 0 radical (unpaired) electrons. The van der Waals surface area contributed by atoms with E-state index in [1.807, 2.05) is 24.3 Å². The number of hydrogen-bond donors (Lipinski definition) is 1. The minimum Gasteiger partial charge on any atom is -0.415 e. The number of nitrogens with one attached hydrogen (secondary N) is 1. The van der Waals surface area contributed by atoms with Gasteiger partial charge < -0.3 is 9.73 Å². The number of benzene rings is 1. The van der Waals surface area contributed by atoms with Gasteiger partial charge in [0.05, 0.1) is 22.8 Å². The Balaban J connectivity index is 1.41. The third kappa shape index (κ3) is 4.08. The van der Waals surface area contributed by atoms with Crippen LogP contribution in [0.1, 0.15) is 49.7 Å². The zero-order chi connectivity index (χ0) is 21.2. The number of aromatic nitrogens is 5. The summed E-state index contributed by atoms with van der Waals surface area (Å²) in [5.41, 5.74) is 2.29. The Kier molecular flexibility index (Phi) is 5.23. The van der Waals surface area contributed by atoms with Gasteiger partial charge in [-0.25, -0.2) is 9.97 Å². The number of nitrogens with zero attached hydrogens (tertiary/aromatic N) is 5. The van der Waals surface area contributed by atoms with Crippen LogP contribution in [0.25, 0.3) is 22.4 Å². The Morgan fingerprint density at radius 3 is 2.48 bits per heavy atom. The summed E-state index contributed by atoms with van der Waals surface area (Å²) in [6.45, 7) is 0. The molecule has 1 atom stereocenters. The lowest BCUT2D eigenvalue weighted by Gasteiger charge is -2.24. The minimum atomic E-state index is -2.82. The van der Waals surface area contributed by atoms with Crippen molar-refractivity contribution in [2.24, 2.45) is 5.92 Å². The van der Waals surface area contributed by atoms with Crippen molar-refractivity contribution in [1.29, 1.82) is 0 Å². The van der Waals surface area contributed by atoms with Gasteiger partial charge in [0, 0.05) is 17.8 Å². The molecule has 7 nitrogen and oxygen atoms in total. The van der Waals surface area contributed by atoms with Gasteiger partial charge in [-0.3, -0.25) is 4.98 Å². The van der Waals surface area contributed by atoms with Crippen molar-refractivity contribution in [3.63, 3.8) is 0 Å². The molecule has 3 aromatic heterocycles. The highest BCUT2D eigenvalue weighted by molar-refractivity contribution is 5.78. The molecule has 1 aliphatic carbocycles. The van der Waals surface area contributed by atoms with E-state index < -0.39 is 12.3 Å². The Morgan fingerprint density at radius 1 is 0.968 bits per heavy atom. The standard InChI is InChI=1S/C22H20F2N6O/c23-19(24)21-30-29-20(31-21)15-11-25-22(26-12-15)28-18(14-6-1-2-7-14)17-10-9-13-5-3-4-8-16(13)27-17/h3-5,8-12,14,18-19H,1-2,6-7H2,(H,25,26,28). The second-order valence-electron chi connectivity index (χ2n) is 7.64. The van der Waals surface area contributed by atoms with E-state index in [0.717, 1.165) is 29.4 Å². The second kappa shape index (κ2) is 8.33.